The number of hydrogen-bond acceptors (Lipinski definition) is 2. The van der Waals surface area contributed by atoms with Gasteiger partial charge in [-0.1, -0.05) is 91.0 Å². The van der Waals surface area contributed by atoms with Crippen LogP contribution in [0.5, 0.6) is 0 Å². The van der Waals surface area contributed by atoms with Crippen molar-refractivity contribution in [3.8, 4) is 11.4 Å². The molecule has 244 valence electrons. The predicted molar refractivity (Wildman–Crippen MR) is 223 cm³/mol. The first-order valence-electron chi connectivity index (χ1n) is 18.4. The van der Waals surface area contributed by atoms with Gasteiger partial charge in [0.15, 0.2) is 0 Å². The van der Waals surface area contributed by atoms with Crippen molar-refractivity contribution in [1.29, 1.82) is 0 Å². The molecule has 5 heterocycles. The van der Waals surface area contributed by atoms with E-state index in [-0.39, 0.29) is 6.71 Å². The van der Waals surface area contributed by atoms with Crippen LogP contribution in [0.1, 0.15) is 0 Å². The summed E-state index contributed by atoms with van der Waals surface area (Å²) in [7, 11) is 0. The summed E-state index contributed by atoms with van der Waals surface area (Å²) in [6.45, 7) is 0.0937. The maximum atomic E-state index is 2.60. The second-order valence-corrected chi connectivity index (χ2v) is 14.5. The first kappa shape index (κ1) is 27.7. The van der Waals surface area contributed by atoms with Gasteiger partial charge in [-0.05, 0) is 101 Å². The van der Waals surface area contributed by atoms with E-state index in [2.05, 4.69) is 195 Å². The van der Waals surface area contributed by atoms with Gasteiger partial charge in [-0.2, -0.15) is 0 Å². The monoisotopic (exact) mass is 672 g/mol. The third-order valence-electron chi connectivity index (χ3n) is 12.0. The van der Waals surface area contributed by atoms with Gasteiger partial charge in [0.05, 0.1) is 22.1 Å². The average Bonchev–Trinajstić information content (AvgIpc) is 3.73. The molecule has 0 N–H and O–H groups in total. The molecule has 4 nitrogen and oxygen atoms in total. The number of hydrogen-bond donors (Lipinski definition) is 0. The molecule has 2 aromatic heterocycles. The van der Waals surface area contributed by atoms with Crippen molar-refractivity contribution in [1.82, 2.24) is 9.13 Å². The van der Waals surface area contributed by atoms with Crippen LogP contribution in [0, 0.1) is 0 Å². The first-order valence-corrected chi connectivity index (χ1v) is 18.4. The molecule has 5 heteroatoms. The highest BCUT2D eigenvalue weighted by Gasteiger charge is 2.48. The minimum Gasteiger partial charge on any atom is -0.311 e. The summed E-state index contributed by atoms with van der Waals surface area (Å²) >= 11 is 0. The quantitative estimate of drug-likeness (QED) is 0.174. The van der Waals surface area contributed by atoms with Crippen molar-refractivity contribution in [2.75, 3.05) is 9.80 Å². The van der Waals surface area contributed by atoms with Crippen molar-refractivity contribution in [2.45, 2.75) is 0 Å². The second kappa shape index (κ2) is 9.87. The summed E-state index contributed by atoms with van der Waals surface area (Å²) in [5, 5.41) is 5.10. The summed E-state index contributed by atoms with van der Waals surface area (Å²) in [6, 6.07) is 64.9. The molecular formula is C48H29BN4. The fourth-order valence-electron chi connectivity index (χ4n) is 10.0. The number of benzene rings is 8. The lowest BCUT2D eigenvalue weighted by Gasteiger charge is -2.46. The Morgan fingerprint density at radius 2 is 0.792 bits per heavy atom. The highest BCUT2D eigenvalue weighted by atomic mass is 15.2. The van der Waals surface area contributed by atoms with Crippen LogP contribution in [0.3, 0.4) is 0 Å². The summed E-state index contributed by atoms with van der Waals surface area (Å²) in [6.07, 6.45) is 0. The molecule has 0 spiro atoms. The summed E-state index contributed by atoms with van der Waals surface area (Å²) < 4.78 is 5.03. The van der Waals surface area contributed by atoms with E-state index < -0.39 is 0 Å². The van der Waals surface area contributed by atoms with Gasteiger partial charge in [0.1, 0.15) is 0 Å². The minimum atomic E-state index is 0.0937. The Balaban J connectivity index is 1.22. The molecule has 53 heavy (non-hydrogen) atoms. The van der Waals surface area contributed by atoms with E-state index in [0.29, 0.717) is 0 Å². The van der Waals surface area contributed by atoms with E-state index in [1.807, 2.05) is 0 Å². The fraction of sp³-hybridized carbons (Fsp3) is 0. The van der Waals surface area contributed by atoms with E-state index in [9.17, 15) is 0 Å². The Hall–Kier alpha value is -6.98. The lowest BCUT2D eigenvalue weighted by Crippen LogP contribution is -2.64. The second-order valence-electron chi connectivity index (χ2n) is 14.5. The van der Waals surface area contributed by atoms with Gasteiger partial charge in [-0.15, -0.1) is 0 Å². The third kappa shape index (κ3) is 3.38. The molecule has 0 saturated heterocycles. The van der Waals surface area contributed by atoms with Crippen molar-refractivity contribution >= 4 is 101 Å². The van der Waals surface area contributed by atoms with Crippen LogP contribution in [0.2, 0.25) is 0 Å². The van der Waals surface area contributed by atoms with Crippen LogP contribution in [0.15, 0.2) is 176 Å². The molecule has 0 unspecified atom stereocenters. The highest BCUT2D eigenvalue weighted by Crippen LogP contribution is 2.49. The van der Waals surface area contributed by atoms with Gasteiger partial charge in [-0.3, -0.25) is 0 Å². The molecule has 8 aromatic carbocycles. The molecule has 10 aromatic rings. The first-order chi connectivity index (χ1) is 26.3. The maximum Gasteiger partial charge on any atom is 0.257 e. The molecule has 0 atom stereocenters. The Labute approximate surface area is 306 Å². The van der Waals surface area contributed by atoms with Crippen LogP contribution in [0.25, 0.3) is 55.0 Å². The molecule has 3 aliphatic heterocycles. The zero-order chi connectivity index (χ0) is 34.4. The van der Waals surface area contributed by atoms with Gasteiger partial charge in [0.2, 0.25) is 0 Å². The number of aromatic nitrogens is 2. The van der Waals surface area contributed by atoms with E-state index in [1.54, 1.807) is 0 Å². The summed E-state index contributed by atoms with van der Waals surface area (Å²) in [4.78, 5) is 4.99. The largest absolute Gasteiger partial charge is 0.311 e. The zero-order valence-electron chi connectivity index (χ0n) is 28.6. The van der Waals surface area contributed by atoms with E-state index in [4.69, 9.17) is 0 Å². The zero-order valence-corrected chi connectivity index (χ0v) is 28.6. The molecule has 0 saturated carbocycles. The fourth-order valence-corrected chi connectivity index (χ4v) is 10.0. The molecule has 0 fully saturated rings. The Kier molecular flexibility index (Phi) is 5.16. The third-order valence-corrected chi connectivity index (χ3v) is 12.0. The minimum absolute atomic E-state index is 0.0937. The molecule has 0 aliphatic carbocycles. The Morgan fingerprint density at radius 1 is 0.302 bits per heavy atom. The number of fused-ring (bicyclic) bond motifs is 7. The predicted octanol–water partition coefficient (Wildman–Crippen LogP) is 10.3. The van der Waals surface area contributed by atoms with Gasteiger partial charge in [0, 0.05) is 67.0 Å². The normalized spacial score (nSPS) is 13.5. The van der Waals surface area contributed by atoms with E-state index in [1.165, 1.54) is 105 Å². The number of para-hydroxylation sites is 4. The summed E-state index contributed by atoms with van der Waals surface area (Å²) in [5.74, 6) is 0. The van der Waals surface area contributed by atoms with Crippen molar-refractivity contribution in [2.24, 2.45) is 0 Å². The standard InChI is InChI=1S/C48H29BN4/c1-4-14-30(15-5-1)50-37-21-11-10-20-33(37)35-28-44-36(29-43(35)50)34-26-27-42-47-48(34)53(44)41-25-13-24-40-46(41)49(47)45-38(51(40)31-16-6-2-7-17-31)22-12-23-39(45)52(42)32-18-8-3-9-19-32/h1-29H. The lowest BCUT2D eigenvalue weighted by atomic mass is 9.32. The van der Waals surface area contributed by atoms with Crippen LogP contribution < -0.4 is 26.2 Å². The van der Waals surface area contributed by atoms with Crippen molar-refractivity contribution in [3.63, 3.8) is 0 Å². The SMILES string of the molecule is c1ccc(N2c3cccc4c3B3c5c2cccc5-n2c5cc6c7ccccc7n(-c7ccccc7)c6cc5c5ccc(c3c52)N4c2ccccc2)cc1. The number of rotatable bonds is 3. The highest BCUT2D eigenvalue weighted by molar-refractivity contribution is 7.02. The average molecular weight is 673 g/mol. The molecule has 13 rings (SSSR count). The molecule has 3 aliphatic rings. The van der Waals surface area contributed by atoms with Crippen molar-refractivity contribution in [3.05, 3.63) is 176 Å². The topological polar surface area (TPSA) is 16.3 Å². The molecule has 0 bridgehead atoms. The Morgan fingerprint density at radius 3 is 1.43 bits per heavy atom. The molecule has 0 radical (unpaired) electrons. The van der Waals surface area contributed by atoms with E-state index in [0.717, 1.165) is 0 Å². The smallest absolute Gasteiger partial charge is 0.257 e. The number of nitrogens with zero attached hydrogens (tertiary/aromatic N) is 4. The maximum absolute atomic E-state index is 2.60. The van der Waals surface area contributed by atoms with Crippen LogP contribution >= 0.6 is 0 Å². The van der Waals surface area contributed by atoms with Gasteiger partial charge < -0.3 is 18.9 Å². The van der Waals surface area contributed by atoms with E-state index >= 15 is 0 Å². The Bertz CT molecular complexity index is 3170. The molecular weight excluding hydrogens is 643 g/mol. The van der Waals surface area contributed by atoms with Crippen LogP contribution in [-0.2, 0) is 0 Å². The van der Waals surface area contributed by atoms with Gasteiger partial charge >= 0.3 is 0 Å². The molecule has 0 amide bonds. The van der Waals surface area contributed by atoms with Crippen LogP contribution in [-0.4, -0.2) is 15.8 Å². The summed E-state index contributed by atoms with van der Waals surface area (Å²) in [5.41, 5.74) is 18.9. The number of anilines is 6. The van der Waals surface area contributed by atoms with Crippen molar-refractivity contribution < 1.29 is 0 Å². The van der Waals surface area contributed by atoms with Crippen LogP contribution in [0.4, 0.5) is 34.1 Å². The van der Waals surface area contributed by atoms with Gasteiger partial charge in [-0.25, -0.2) is 0 Å². The van der Waals surface area contributed by atoms with Gasteiger partial charge in [0.25, 0.3) is 6.71 Å². The lowest BCUT2D eigenvalue weighted by molar-refractivity contribution is 1.17.